The second kappa shape index (κ2) is 5.04. The van der Waals surface area contributed by atoms with Crippen molar-refractivity contribution in [2.45, 2.75) is 13.0 Å². The van der Waals surface area contributed by atoms with Gasteiger partial charge in [0.2, 0.25) is 5.88 Å². The molecule has 0 aliphatic heterocycles. The summed E-state index contributed by atoms with van der Waals surface area (Å²) in [4.78, 5) is 12.9. The number of halogens is 3. The lowest BCUT2D eigenvalue weighted by Crippen LogP contribution is -2.18. The van der Waals surface area contributed by atoms with Gasteiger partial charge in [-0.15, -0.1) is 13.2 Å². The van der Waals surface area contributed by atoms with Crippen LogP contribution in [0.2, 0.25) is 0 Å². The van der Waals surface area contributed by atoms with Crippen molar-refractivity contribution >= 4 is 5.69 Å². The van der Waals surface area contributed by atoms with E-state index in [0.717, 1.165) is 7.11 Å². The average molecular weight is 268 g/mol. The Balaban J connectivity index is 3.30. The molecule has 0 radical (unpaired) electrons. The fourth-order valence-corrected chi connectivity index (χ4v) is 1.17. The van der Waals surface area contributed by atoms with Gasteiger partial charge in [-0.3, -0.25) is 10.1 Å². The van der Waals surface area contributed by atoms with Crippen LogP contribution >= 0.6 is 0 Å². The van der Waals surface area contributed by atoms with Gasteiger partial charge < -0.3 is 14.6 Å². The van der Waals surface area contributed by atoms with E-state index >= 15 is 0 Å². The Hall–Kier alpha value is -2.10. The van der Waals surface area contributed by atoms with Crippen LogP contribution in [0.1, 0.15) is 5.56 Å². The summed E-state index contributed by atoms with van der Waals surface area (Å²) in [5.41, 5.74) is -1.11. The van der Waals surface area contributed by atoms with Crippen LogP contribution in [0.3, 0.4) is 0 Å². The predicted octanol–water partition coefficient (Wildman–Crippen LogP) is 1.39. The number of nitrogens with zero attached hydrogens (tertiary/aromatic N) is 2. The SMILES string of the molecule is COc1nc(OC(F)(F)F)cc(CO)c1[N+](=O)[O-]. The largest absolute Gasteiger partial charge is 0.574 e. The minimum atomic E-state index is -5.00. The molecule has 0 fully saturated rings. The van der Waals surface area contributed by atoms with Crippen molar-refractivity contribution in [3.63, 3.8) is 0 Å². The molecule has 0 aromatic carbocycles. The van der Waals surface area contributed by atoms with Gasteiger partial charge in [0, 0.05) is 6.07 Å². The molecular formula is C8H7F3N2O5. The second-order valence-electron chi connectivity index (χ2n) is 2.94. The summed E-state index contributed by atoms with van der Waals surface area (Å²) in [5, 5.41) is 19.6. The van der Waals surface area contributed by atoms with Gasteiger partial charge in [-0.2, -0.15) is 4.98 Å². The number of rotatable bonds is 4. The summed E-state index contributed by atoms with van der Waals surface area (Å²) in [5.74, 6) is -1.63. The summed E-state index contributed by atoms with van der Waals surface area (Å²) in [6.07, 6.45) is -5.00. The van der Waals surface area contributed by atoms with E-state index in [1.54, 1.807) is 0 Å². The van der Waals surface area contributed by atoms with Crippen molar-refractivity contribution in [3.8, 4) is 11.8 Å². The highest BCUT2D eigenvalue weighted by Gasteiger charge is 2.34. The number of methoxy groups -OCH3 is 1. The van der Waals surface area contributed by atoms with E-state index in [1.165, 1.54) is 0 Å². The summed E-state index contributed by atoms with van der Waals surface area (Å²) < 4.78 is 43.9. The molecule has 0 amide bonds. The molecule has 0 aliphatic carbocycles. The molecule has 10 heteroatoms. The number of ether oxygens (including phenoxy) is 2. The number of aliphatic hydroxyl groups is 1. The van der Waals surface area contributed by atoms with Crippen molar-refractivity contribution in [1.29, 1.82) is 0 Å². The third-order valence-corrected chi connectivity index (χ3v) is 1.78. The van der Waals surface area contributed by atoms with Crippen LogP contribution in [-0.4, -0.2) is 28.5 Å². The molecule has 0 saturated carbocycles. The fraction of sp³-hybridized carbons (Fsp3) is 0.375. The highest BCUT2D eigenvalue weighted by Crippen LogP contribution is 2.33. The highest BCUT2D eigenvalue weighted by atomic mass is 19.4. The monoisotopic (exact) mass is 268 g/mol. The van der Waals surface area contributed by atoms with E-state index < -0.39 is 40.9 Å². The van der Waals surface area contributed by atoms with Crippen LogP contribution in [0.25, 0.3) is 0 Å². The Morgan fingerprint density at radius 2 is 2.17 bits per heavy atom. The summed E-state index contributed by atoms with van der Waals surface area (Å²) in [7, 11) is 0.994. The quantitative estimate of drug-likeness (QED) is 0.655. The summed E-state index contributed by atoms with van der Waals surface area (Å²) >= 11 is 0. The molecule has 18 heavy (non-hydrogen) atoms. The molecule has 1 aromatic rings. The fourth-order valence-electron chi connectivity index (χ4n) is 1.17. The molecule has 0 spiro atoms. The van der Waals surface area contributed by atoms with Crippen LogP contribution in [0, 0.1) is 10.1 Å². The molecule has 7 nitrogen and oxygen atoms in total. The lowest BCUT2D eigenvalue weighted by molar-refractivity contribution is -0.387. The van der Waals surface area contributed by atoms with Crippen molar-refractivity contribution < 1.29 is 32.7 Å². The third-order valence-electron chi connectivity index (χ3n) is 1.78. The topological polar surface area (TPSA) is 94.7 Å². The molecule has 1 N–H and O–H groups in total. The van der Waals surface area contributed by atoms with Gasteiger partial charge in [-0.25, -0.2) is 0 Å². The van der Waals surface area contributed by atoms with E-state index in [-0.39, 0.29) is 0 Å². The molecule has 0 atom stereocenters. The van der Waals surface area contributed by atoms with E-state index in [9.17, 15) is 23.3 Å². The first-order valence-electron chi connectivity index (χ1n) is 4.37. The number of hydrogen-bond acceptors (Lipinski definition) is 6. The normalized spacial score (nSPS) is 11.2. The molecule has 0 saturated heterocycles. The molecular weight excluding hydrogens is 261 g/mol. The molecule has 0 unspecified atom stereocenters. The smallest absolute Gasteiger partial charge is 0.476 e. The Morgan fingerprint density at radius 1 is 1.56 bits per heavy atom. The van der Waals surface area contributed by atoms with Gasteiger partial charge in [-0.1, -0.05) is 0 Å². The number of aliphatic hydroxyl groups excluding tert-OH is 1. The zero-order valence-electron chi connectivity index (χ0n) is 8.89. The molecule has 1 rings (SSSR count). The maximum atomic E-state index is 12.0. The maximum Gasteiger partial charge on any atom is 0.574 e. The van der Waals surface area contributed by atoms with Gasteiger partial charge >= 0.3 is 12.0 Å². The number of aromatic nitrogens is 1. The third kappa shape index (κ3) is 3.20. The van der Waals surface area contributed by atoms with Gasteiger partial charge in [0.1, 0.15) is 0 Å². The van der Waals surface area contributed by atoms with Crippen LogP contribution in [0.4, 0.5) is 18.9 Å². The molecule has 0 bridgehead atoms. The van der Waals surface area contributed by atoms with Crippen molar-refractivity contribution in [1.82, 2.24) is 4.98 Å². The average Bonchev–Trinajstić information content (AvgIpc) is 2.24. The number of hydrogen-bond donors (Lipinski definition) is 1. The number of nitro groups is 1. The van der Waals surface area contributed by atoms with Gasteiger partial charge in [0.15, 0.2) is 0 Å². The maximum absolute atomic E-state index is 12.0. The van der Waals surface area contributed by atoms with Crippen molar-refractivity contribution in [2.24, 2.45) is 0 Å². The van der Waals surface area contributed by atoms with Crippen molar-refractivity contribution in [3.05, 3.63) is 21.7 Å². The van der Waals surface area contributed by atoms with E-state index in [0.29, 0.717) is 6.07 Å². The lowest BCUT2D eigenvalue weighted by Gasteiger charge is -2.10. The second-order valence-corrected chi connectivity index (χ2v) is 2.94. The molecule has 100 valence electrons. The number of pyridine rings is 1. The van der Waals surface area contributed by atoms with Gasteiger partial charge in [-0.05, 0) is 0 Å². The first-order valence-corrected chi connectivity index (χ1v) is 4.37. The summed E-state index contributed by atoms with van der Waals surface area (Å²) in [6.45, 7) is -0.858. The predicted molar refractivity (Wildman–Crippen MR) is 50.0 cm³/mol. The molecule has 0 aliphatic rings. The minimum absolute atomic E-state index is 0.397. The van der Waals surface area contributed by atoms with Crippen LogP contribution in [0.15, 0.2) is 6.07 Å². The van der Waals surface area contributed by atoms with Crippen molar-refractivity contribution in [2.75, 3.05) is 7.11 Å². The van der Waals surface area contributed by atoms with E-state index in [4.69, 9.17) is 5.11 Å². The lowest BCUT2D eigenvalue weighted by atomic mass is 10.2. The van der Waals surface area contributed by atoms with Gasteiger partial charge in [0.05, 0.1) is 24.2 Å². The standard InChI is InChI=1S/C8H7F3N2O5/c1-17-7-6(13(15)16)4(3-14)2-5(12-7)18-8(9,10)11/h2,14H,3H2,1H3. The zero-order valence-corrected chi connectivity index (χ0v) is 8.89. The van der Waals surface area contributed by atoms with E-state index in [2.05, 4.69) is 14.5 Å². The zero-order chi connectivity index (χ0) is 13.9. The van der Waals surface area contributed by atoms with Gasteiger partial charge in [0.25, 0.3) is 5.88 Å². The Morgan fingerprint density at radius 3 is 2.56 bits per heavy atom. The number of alkyl halides is 3. The van der Waals surface area contributed by atoms with Crippen LogP contribution in [-0.2, 0) is 6.61 Å². The van der Waals surface area contributed by atoms with Crippen LogP contribution < -0.4 is 9.47 Å². The Kier molecular flexibility index (Phi) is 3.91. The highest BCUT2D eigenvalue weighted by molar-refractivity contribution is 5.50. The first-order chi connectivity index (χ1) is 8.28. The Bertz CT molecular complexity index is 438. The molecule has 1 aromatic heterocycles. The first kappa shape index (κ1) is 14.0. The summed E-state index contributed by atoms with van der Waals surface area (Å²) in [6, 6.07) is 0.619. The van der Waals surface area contributed by atoms with E-state index in [1.807, 2.05) is 0 Å². The Labute approximate surface area is 97.9 Å². The molecule has 1 heterocycles. The van der Waals surface area contributed by atoms with Crippen LogP contribution in [0.5, 0.6) is 11.8 Å². The minimum Gasteiger partial charge on any atom is -0.476 e.